The van der Waals surface area contributed by atoms with Crippen LogP contribution in [0.25, 0.3) is 0 Å². The maximum absolute atomic E-state index is 5.39. The Hall–Kier alpha value is -0.850. The summed E-state index contributed by atoms with van der Waals surface area (Å²) in [6.07, 6.45) is 13.1. The van der Waals surface area contributed by atoms with Crippen LogP contribution in [0, 0.1) is 5.41 Å². The van der Waals surface area contributed by atoms with Crippen molar-refractivity contribution in [3.8, 4) is 0 Å². The first kappa shape index (κ1) is 22.8. The molecule has 1 aliphatic carbocycles. The molecule has 0 unspecified atom stereocenters. The molecular formula is C23H45N5O. The van der Waals surface area contributed by atoms with Gasteiger partial charge in [-0.1, -0.05) is 19.3 Å². The number of aliphatic imine (C=N–C) groups is 1. The summed E-state index contributed by atoms with van der Waals surface area (Å²) in [4.78, 5) is 9.84. The van der Waals surface area contributed by atoms with E-state index in [9.17, 15) is 0 Å². The average molecular weight is 408 g/mol. The highest BCUT2D eigenvalue weighted by Gasteiger charge is 2.40. The Morgan fingerprint density at radius 3 is 2.17 bits per heavy atom. The molecule has 0 spiro atoms. The number of hydrogen-bond acceptors (Lipinski definition) is 4. The molecule has 168 valence electrons. The predicted octanol–water partition coefficient (Wildman–Crippen LogP) is 2.70. The van der Waals surface area contributed by atoms with Gasteiger partial charge in [0, 0.05) is 39.4 Å². The van der Waals surface area contributed by atoms with E-state index in [1.54, 1.807) is 0 Å². The lowest BCUT2D eigenvalue weighted by Crippen LogP contribution is -2.62. The zero-order valence-electron chi connectivity index (χ0n) is 19.3. The van der Waals surface area contributed by atoms with Gasteiger partial charge in [0.1, 0.15) is 0 Å². The first-order valence-corrected chi connectivity index (χ1v) is 12.0. The van der Waals surface area contributed by atoms with Crippen LogP contribution in [0.1, 0.15) is 64.2 Å². The summed E-state index contributed by atoms with van der Waals surface area (Å²) in [5.74, 6) is 0.976. The molecule has 2 N–H and O–H groups in total. The van der Waals surface area contributed by atoms with E-state index >= 15 is 0 Å². The Balaban J connectivity index is 1.57. The van der Waals surface area contributed by atoms with Gasteiger partial charge in [-0.05, 0) is 83.6 Å². The minimum absolute atomic E-state index is 0.283. The Kier molecular flexibility index (Phi) is 8.63. The number of methoxy groups -OCH3 is 1. The summed E-state index contributed by atoms with van der Waals surface area (Å²) in [6, 6.07) is 0. The highest BCUT2D eigenvalue weighted by Crippen LogP contribution is 2.40. The van der Waals surface area contributed by atoms with Crippen molar-refractivity contribution in [1.29, 1.82) is 0 Å². The monoisotopic (exact) mass is 407 g/mol. The van der Waals surface area contributed by atoms with Gasteiger partial charge in [0.25, 0.3) is 0 Å². The first-order valence-electron chi connectivity index (χ1n) is 12.0. The maximum atomic E-state index is 5.39. The fourth-order valence-electron chi connectivity index (χ4n) is 5.71. The van der Waals surface area contributed by atoms with Gasteiger partial charge in [-0.3, -0.25) is 9.89 Å². The smallest absolute Gasteiger partial charge is 0.191 e. The van der Waals surface area contributed by atoms with Gasteiger partial charge in [-0.2, -0.15) is 0 Å². The molecule has 0 aromatic heterocycles. The second kappa shape index (κ2) is 11.0. The molecule has 6 nitrogen and oxygen atoms in total. The van der Waals surface area contributed by atoms with Crippen molar-refractivity contribution in [3.05, 3.63) is 0 Å². The highest BCUT2D eigenvalue weighted by atomic mass is 16.5. The van der Waals surface area contributed by atoms with Crippen LogP contribution in [-0.4, -0.2) is 88.4 Å². The quantitative estimate of drug-likeness (QED) is 0.479. The van der Waals surface area contributed by atoms with Crippen LogP contribution in [0.2, 0.25) is 0 Å². The number of ether oxygens (including phenoxy) is 1. The van der Waals surface area contributed by atoms with Crippen molar-refractivity contribution in [2.75, 3.05) is 67.1 Å². The fraction of sp³-hybridized carbons (Fsp3) is 0.957. The normalized spacial score (nSPS) is 25.8. The van der Waals surface area contributed by atoms with Gasteiger partial charge < -0.3 is 20.3 Å². The molecule has 2 aliphatic heterocycles. The van der Waals surface area contributed by atoms with E-state index in [0.717, 1.165) is 32.1 Å². The van der Waals surface area contributed by atoms with E-state index in [1.807, 2.05) is 14.2 Å². The standard InChI is InChI=1S/C23H45N5O/c1-24-21(25-19-22(13-18-29-3)9-5-6-10-22)26-20-23(11-16-27(2)17-12-23)28-14-7-4-8-15-28/h4-20H2,1-3H3,(H2,24,25,26). The Morgan fingerprint density at radius 1 is 0.897 bits per heavy atom. The van der Waals surface area contributed by atoms with Crippen molar-refractivity contribution < 1.29 is 4.74 Å². The molecular weight excluding hydrogens is 362 g/mol. The molecule has 0 bridgehead atoms. The van der Waals surface area contributed by atoms with E-state index in [4.69, 9.17) is 4.74 Å². The molecule has 0 amide bonds. The lowest BCUT2D eigenvalue weighted by Gasteiger charge is -2.50. The summed E-state index contributed by atoms with van der Waals surface area (Å²) >= 11 is 0. The number of rotatable bonds is 8. The molecule has 3 rings (SSSR count). The largest absolute Gasteiger partial charge is 0.385 e. The second-order valence-corrected chi connectivity index (χ2v) is 9.80. The van der Waals surface area contributed by atoms with Crippen LogP contribution in [0.4, 0.5) is 0 Å². The molecule has 0 atom stereocenters. The third-order valence-corrected chi connectivity index (χ3v) is 7.88. The molecule has 2 heterocycles. The Bertz CT molecular complexity index is 503. The minimum Gasteiger partial charge on any atom is -0.385 e. The van der Waals surface area contributed by atoms with Crippen molar-refractivity contribution in [3.63, 3.8) is 0 Å². The SMILES string of the molecule is CN=C(NCC1(CCOC)CCCC1)NCC1(N2CCCCC2)CCN(C)CC1. The van der Waals surface area contributed by atoms with Crippen molar-refractivity contribution in [2.24, 2.45) is 10.4 Å². The Morgan fingerprint density at radius 2 is 1.55 bits per heavy atom. The third-order valence-electron chi connectivity index (χ3n) is 7.88. The first-order chi connectivity index (χ1) is 14.1. The molecule has 2 saturated heterocycles. The van der Waals surface area contributed by atoms with Crippen molar-refractivity contribution >= 4 is 5.96 Å². The number of piperidine rings is 2. The van der Waals surface area contributed by atoms with Crippen LogP contribution >= 0.6 is 0 Å². The molecule has 6 heteroatoms. The van der Waals surface area contributed by atoms with Gasteiger partial charge in [0.05, 0.1) is 0 Å². The summed E-state index contributed by atoms with van der Waals surface area (Å²) in [6.45, 7) is 7.80. The zero-order valence-corrected chi connectivity index (χ0v) is 19.3. The zero-order chi connectivity index (χ0) is 20.6. The number of likely N-dealkylation sites (tertiary alicyclic amines) is 2. The number of nitrogens with zero attached hydrogens (tertiary/aromatic N) is 3. The van der Waals surface area contributed by atoms with E-state index in [2.05, 4.69) is 32.5 Å². The van der Waals surface area contributed by atoms with E-state index in [0.29, 0.717) is 5.41 Å². The van der Waals surface area contributed by atoms with Crippen LogP contribution < -0.4 is 10.6 Å². The molecule has 1 saturated carbocycles. The summed E-state index contributed by atoms with van der Waals surface area (Å²) < 4.78 is 5.39. The van der Waals surface area contributed by atoms with E-state index in [1.165, 1.54) is 84.0 Å². The highest BCUT2D eigenvalue weighted by molar-refractivity contribution is 5.79. The van der Waals surface area contributed by atoms with Gasteiger partial charge in [-0.25, -0.2) is 0 Å². The number of nitrogens with one attached hydrogen (secondary N) is 2. The molecule has 0 aromatic rings. The van der Waals surface area contributed by atoms with Gasteiger partial charge in [0.15, 0.2) is 5.96 Å². The molecule has 3 fully saturated rings. The van der Waals surface area contributed by atoms with Gasteiger partial charge in [0.2, 0.25) is 0 Å². The van der Waals surface area contributed by atoms with Gasteiger partial charge in [-0.15, -0.1) is 0 Å². The number of guanidine groups is 1. The number of hydrogen-bond donors (Lipinski definition) is 2. The van der Waals surface area contributed by atoms with Crippen molar-refractivity contribution in [2.45, 2.75) is 69.7 Å². The van der Waals surface area contributed by atoms with E-state index in [-0.39, 0.29) is 5.54 Å². The van der Waals surface area contributed by atoms with Crippen LogP contribution in [0.3, 0.4) is 0 Å². The topological polar surface area (TPSA) is 52.1 Å². The molecule has 0 radical (unpaired) electrons. The molecule has 29 heavy (non-hydrogen) atoms. The van der Waals surface area contributed by atoms with Crippen LogP contribution in [0.5, 0.6) is 0 Å². The van der Waals surface area contributed by atoms with Crippen molar-refractivity contribution in [1.82, 2.24) is 20.4 Å². The summed E-state index contributed by atoms with van der Waals surface area (Å²) in [7, 11) is 5.99. The lowest BCUT2D eigenvalue weighted by molar-refractivity contribution is 0.0173. The lowest BCUT2D eigenvalue weighted by atomic mass is 9.83. The third kappa shape index (κ3) is 6.08. The summed E-state index contributed by atoms with van der Waals surface area (Å²) in [5.41, 5.74) is 0.664. The average Bonchev–Trinajstić information content (AvgIpc) is 3.23. The predicted molar refractivity (Wildman–Crippen MR) is 122 cm³/mol. The fourth-order valence-corrected chi connectivity index (χ4v) is 5.71. The van der Waals surface area contributed by atoms with Crippen LogP contribution in [0.15, 0.2) is 4.99 Å². The van der Waals surface area contributed by atoms with Crippen LogP contribution in [-0.2, 0) is 4.74 Å². The van der Waals surface area contributed by atoms with E-state index < -0.39 is 0 Å². The second-order valence-electron chi connectivity index (χ2n) is 9.80. The minimum atomic E-state index is 0.283. The molecule has 3 aliphatic rings. The van der Waals surface area contributed by atoms with Gasteiger partial charge >= 0.3 is 0 Å². The summed E-state index contributed by atoms with van der Waals surface area (Å²) in [5, 5.41) is 7.42. The maximum Gasteiger partial charge on any atom is 0.191 e. The molecule has 0 aromatic carbocycles. The Labute approximate surface area is 178 Å².